The fourth-order valence-electron chi connectivity index (χ4n) is 3.00. The van der Waals surface area contributed by atoms with Crippen molar-refractivity contribution in [2.75, 3.05) is 13.7 Å². The maximum atomic E-state index is 12.9. The highest BCUT2D eigenvalue weighted by molar-refractivity contribution is 6.35. The summed E-state index contributed by atoms with van der Waals surface area (Å²) in [6.45, 7) is 0.721. The lowest BCUT2D eigenvalue weighted by Gasteiger charge is -2.25. The quantitative estimate of drug-likeness (QED) is 0.781. The van der Waals surface area contributed by atoms with E-state index < -0.39 is 0 Å². The van der Waals surface area contributed by atoms with Gasteiger partial charge in [-0.3, -0.25) is 4.79 Å². The monoisotopic (exact) mass is 349 g/mol. The molecule has 0 aliphatic carbocycles. The van der Waals surface area contributed by atoms with Crippen LogP contribution in [0, 0.1) is 0 Å². The predicted octanol–water partition coefficient (Wildman–Crippen LogP) is 4.98. The molecule has 1 heterocycles. The largest absolute Gasteiger partial charge is 0.497 e. The van der Waals surface area contributed by atoms with Gasteiger partial charge in [-0.05, 0) is 48.7 Å². The van der Waals surface area contributed by atoms with E-state index in [9.17, 15) is 4.79 Å². The lowest BCUT2D eigenvalue weighted by atomic mass is 10.0. The van der Waals surface area contributed by atoms with Crippen molar-refractivity contribution in [3.63, 3.8) is 0 Å². The van der Waals surface area contributed by atoms with Crippen molar-refractivity contribution in [2.45, 2.75) is 18.9 Å². The van der Waals surface area contributed by atoms with Gasteiger partial charge in [-0.2, -0.15) is 0 Å². The van der Waals surface area contributed by atoms with Crippen LogP contribution in [0.3, 0.4) is 0 Å². The van der Waals surface area contributed by atoms with E-state index in [0.717, 1.165) is 30.7 Å². The normalized spacial score (nSPS) is 17.3. The third-order valence-electron chi connectivity index (χ3n) is 4.17. The van der Waals surface area contributed by atoms with Crippen molar-refractivity contribution < 1.29 is 9.53 Å². The molecule has 1 aliphatic rings. The van der Waals surface area contributed by atoms with Crippen LogP contribution >= 0.6 is 23.2 Å². The lowest BCUT2D eigenvalue weighted by Crippen LogP contribution is -2.30. The van der Waals surface area contributed by atoms with E-state index in [4.69, 9.17) is 27.9 Å². The van der Waals surface area contributed by atoms with Crippen molar-refractivity contribution in [3.05, 3.63) is 63.6 Å². The Balaban J connectivity index is 1.88. The average molecular weight is 350 g/mol. The summed E-state index contributed by atoms with van der Waals surface area (Å²) >= 11 is 12.2. The number of carbonyl (C=O) groups is 1. The van der Waals surface area contributed by atoms with Crippen molar-refractivity contribution in [2.24, 2.45) is 0 Å². The van der Waals surface area contributed by atoms with E-state index in [0.29, 0.717) is 15.6 Å². The Hall–Kier alpha value is -1.71. The van der Waals surface area contributed by atoms with E-state index in [-0.39, 0.29) is 11.9 Å². The summed E-state index contributed by atoms with van der Waals surface area (Å²) in [5.41, 5.74) is 1.56. The van der Waals surface area contributed by atoms with E-state index in [2.05, 4.69) is 0 Å². The van der Waals surface area contributed by atoms with Crippen LogP contribution < -0.4 is 4.74 Å². The third-order valence-corrected chi connectivity index (χ3v) is 4.74. The van der Waals surface area contributed by atoms with Gasteiger partial charge in [0, 0.05) is 11.6 Å². The molecule has 0 unspecified atom stereocenters. The van der Waals surface area contributed by atoms with Gasteiger partial charge in [0.2, 0.25) is 0 Å². The highest BCUT2D eigenvalue weighted by Gasteiger charge is 2.31. The molecular formula is C18H17Cl2NO2. The summed E-state index contributed by atoms with van der Waals surface area (Å²) in [5, 5.41) is 0.942. The highest BCUT2D eigenvalue weighted by atomic mass is 35.5. The Labute approximate surface area is 145 Å². The number of likely N-dealkylation sites (tertiary alicyclic amines) is 1. The zero-order valence-electron chi connectivity index (χ0n) is 12.8. The molecule has 2 aromatic carbocycles. The van der Waals surface area contributed by atoms with Gasteiger partial charge in [-0.15, -0.1) is 0 Å². The van der Waals surface area contributed by atoms with Gasteiger partial charge in [0.15, 0.2) is 0 Å². The zero-order chi connectivity index (χ0) is 16.4. The first-order chi connectivity index (χ1) is 11.1. The number of rotatable bonds is 3. The molecule has 0 N–H and O–H groups in total. The lowest BCUT2D eigenvalue weighted by molar-refractivity contribution is 0.0736. The molecule has 0 aromatic heterocycles. The summed E-state index contributed by atoms with van der Waals surface area (Å²) in [7, 11) is 1.64. The average Bonchev–Trinajstić information content (AvgIpc) is 3.06. The molecule has 1 aliphatic heterocycles. The van der Waals surface area contributed by atoms with Gasteiger partial charge in [-0.25, -0.2) is 0 Å². The summed E-state index contributed by atoms with van der Waals surface area (Å²) < 4.78 is 5.19. The molecule has 0 saturated carbocycles. The Morgan fingerprint density at radius 3 is 2.61 bits per heavy atom. The molecule has 3 nitrogen and oxygen atoms in total. The van der Waals surface area contributed by atoms with Crippen LogP contribution in [-0.2, 0) is 0 Å². The van der Waals surface area contributed by atoms with E-state index >= 15 is 0 Å². The molecule has 1 fully saturated rings. The number of halogens is 2. The number of carbonyl (C=O) groups excluding carboxylic acids is 1. The Morgan fingerprint density at radius 1 is 1.17 bits per heavy atom. The van der Waals surface area contributed by atoms with Gasteiger partial charge in [-0.1, -0.05) is 35.3 Å². The Bertz CT molecular complexity index is 715. The SMILES string of the molecule is COc1ccc([C@H]2CCCN2C(=O)c2cc(Cl)ccc2Cl)cc1. The van der Waals surface area contributed by atoms with E-state index in [1.165, 1.54) is 0 Å². The first kappa shape index (κ1) is 16.2. The molecule has 0 bridgehead atoms. The van der Waals surface area contributed by atoms with Crippen LogP contribution in [0.1, 0.15) is 34.8 Å². The zero-order valence-corrected chi connectivity index (χ0v) is 14.3. The minimum Gasteiger partial charge on any atom is -0.497 e. The number of amides is 1. The number of methoxy groups -OCH3 is 1. The summed E-state index contributed by atoms with van der Waals surface area (Å²) in [6.07, 6.45) is 1.91. The topological polar surface area (TPSA) is 29.5 Å². The fraction of sp³-hybridized carbons (Fsp3) is 0.278. The number of hydrogen-bond donors (Lipinski definition) is 0. The molecule has 1 amide bonds. The van der Waals surface area contributed by atoms with Gasteiger partial charge in [0.1, 0.15) is 5.75 Å². The van der Waals surface area contributed by atoms with E-state index in [1.54, 1.807) is 25.3 Å². The van der Waals surface area contributed by atoms with Crippen molar-refractivity contribution in [1.82, 2.24) is 4.90 Å². The van der Waals surface area contributed by atoms with Gasteiger partial charge < -0.3 is 9.64 Å². The van der Waals surface area contributed by atoms with Crippen LogP contribution in [0.5, 0.6) is 5.75 Å². The maximum absolute atomic E-state index is 12.9. The number of benzene rings is 2. The molecule has 1 atom stereocenters. The number of ether oxygens (including phenoxy) is 1. The second kappa shape index (κ2) is 6.81. The van der Waals surface area contributed by atoms with Crippen molar-refractivity contribution in [1.29, 1.82) is 0 Å². The minimum absolute atomic E-state index is 0.0588. The van der Waals surface area contributed by atoms with Gasteiger partial charge in [0.05, 0.1) is 23.7 Å². The van der Waals surface area contributed by atoms with Gasteiger partial charge in [0.25, 0.3) is 5.91 Å². The molecular weight excluding hydrogens is 333 g/mol. The fourth-order valence-corrected chi connectivity index (χ4v) is 3.37. The Morgan fingerprint density at radius 2 is 1.91 bits per heavy atom. The smallest absolute Gasteiger partial charge is 0.255 e. The molecule has 120 valence electrons. The first-order valence-corrected chi connectivity index (χ1v) is 8.25. The Kier molecular flexibility index (Phi) is 4.79. The molecule has 1 saturated heterocycles. The summed E-state index contributed by atoms with van der Waals surface area (Å²) in [6, 6.07) is 12.9. The molecule has 2 aromatic rings. The standard InChI is InChI=1S/C18H17Cl2NO2/c1-23-14-7-4-12(5-8-14)17-3-2-10-21(17)18(22)15-11-13(19)6-9-16(15)20/h4-9,11,17H,2-3,10H2,1H3/t17-/m1/s1. The molecule has 3 rings (SSSR count). The second-order valence-corrected chi connectivity index (χ2v) is 6.40. The van der Waals surface area contributed by atoms with Gasteiger partial charge >= 0.3 is 0 Å². The number of nitrogens with zero attached hydrogens (tertiary/aromatic N) is 1. The number of hydrogen-bond acceptors (Lipinski definition) is 2. The van der Waals surface area contributed by atoms with Crippen molar-refractivity contribution >= 4 is 29.1 Å². The molecule has 23 heavy (non-hydrogen) atoms. The minimum atomic E-state index is -0.0733. The summed E-state index contributed by atoms with van der Waals surface area (Å²) in [4.78, 5) is 14.8. The van der Waals surface area contributed by atoms with Crippen LogP contribution in [-0.4, -0.2) is 24.5 Å². The van der Waals surface area contributed by atoms with Crippen LogP contribution in [0.2, 0.25) is 10.0 Å². The molecule has 0 spiro atoms. The maximum Gasteiger partial charge on any atom is 0.255 e. The third kappa shape index (κ3) is 3.31. The first-order valence-electron chi connectivity index (χ1n) is 7.50. The predicted molar refractivity (Wildman–Crippen MR) is 92.5 cm³/mol. The van der Waals surface area contributed by atoms with Crippen molar-refractivity contribution in [3.8, 4) is 5.75 Å². The highest BCUT2D eigenvalue weighted by Crippen LogP contribution is 2.35. The van der Waals surface area contributed by atoms with Crippen LogP contribution in [0.4, 0.5) is 0 Å². The van der Waals surface area contributed by atoms with E-state index in [1.807, 2.05) is 29.2 Å². The van der Waals surface area contributed by atoms with Crippen LogP contribution in [0.25, 0.3) is 0 Å². The summed E-state index contributed by atoms with van der Waals surface area (Å²) in [5.74, 6) is 0.735. The second-order valence-electron chi connectivity index (χ2n) is 5.55. The van der Waals surface area contributed by atoms with Crippen LogP contribution in [0.15, 0.2) is 42.5 Å². The molecule has 0 radical (unpaired) electrons. The molecule has 5 heteroatoms.